The minimum atomic E-state index is -3.62. The van der Waals surface area contributed by atoms with Gasteiger partial charge in [-0.3, -0.25) is 4.79 Å². The zero-order valence-corrected chi connectivity index (χ0v) is 9.07. The summed E-state index contributed by atoms with van der Waals surface area (Å²) in [4.78, 5) is 11.4. The van der Waals surface area contributed by atoms with Crippen LogP contribution in [0.15, 0.2) is 43.0 Å². The van der Waals surface area contributed by atoms with Crippen molar-refractivity contribution >= 4 is 21.6 Å². The van der Waals surface area contributed by atoms with Crippen molar-refractivity contribution in [2.24, 2.45) is 0 Å². The average Bonchev–Trinajstić information content (AvgIpc) is 2.17. The van der Waals surface area contributed by atoms with Gasteiger partial charge in [0.25, 0.3) is 5.91 Å². The lowest BCUT2D eigenvalue weighted by Gasteiger charge is -2.18. The van der Waals surface area contributed by atoms with Gasteiger partial charge in [0.1, 0.15) is 0 Å². The lowest BCUT2D eigenvalue weighted by molar-refractivity contribution is -0.113. The largest absolute Gasteiger partial charge is 0.268 e. The summed E-state index contributed by atoms with van der Waals surface area (Å²) in [5, 5.41) is 0. The number of carbonyl (C=O) groups is 1. The number of hydrogen-bond donors (Lipinski definition) is 0. The first kappa shape index (κ1) is 11.5. The summed E-state index contributed by atoms with van der Waals surface area (Å²) in [6.07, 6.45) is 1.94. The van der Waals surface area contributed by atoms with E-state index >= 15 is 0 Å². The van der Waals surface area contributed by atoms with Crippen LogP contribution in [0.25, 0.3) is 0 Å². The van der Waals surface area contributed by atoms with Crippen LogP contribution in [0.1, 0.15) is 0 Å². The second kappa shape index (κ2) is 4.27. The zero-order valence-electron chi connectivity index (χ0n) is 8.25. The summed E-state index contributed by atoms with van der Waals surface area (Å²) >= 11 is 0. The van der Waals surface area contributed by atoms with Crippen molar-refractivity contribution in [3.05, 3.63) is 43.0 Å². The van der Waals surface area contributed by atoms with E-state index in [4.69, 9.17) is 0 Å². The topological polar surface area (TPSA) is 54.5 Å². The molecule has 0 spiro atoms. The lowest BCUT2D eigenvalue weighted by atomic mass is 10.3. The number of rotatable bonds is 3. The Balaban J connectivity index is 3.26. The maximum atomic E-state index is 11.4. The molecule has 4 nitrogen and oxygen atoms in total. The van der Waals surface area contributed by atoms with Crippen molar-refractivity contribution in [1.29, 1.82) is 0 Å². The molecule has 0 atom stereocenters. The molecular formula is C10H11NO3S. The number of sulfonamides is 1. The van der Waals surface area contributed by atoms with Crippen molar-refractivity contribution in [3.63, 3.8) is 0 Å². The fourth-order valence-corrected chi connectivity index (χ4v) is 2.03. The second-order valence-corrected chi connectivity index (χ2v) is 4.74. The molecule has 1 amide bonds. The number of anilines is 1. The third kappa shape index (κ3) is 2.66. The van der Waals surface area contributed by atoms with Gasteiger partial charge in [-0.25, -0.2) is 12.7 Å². The highest BCUT2D eigenvalue weighted by atomic mass is 32.2. The number of hydrogen-bond acceptors (Lipinski definition) is 3. The minimum Gasteiger partial charge on any atom is -0.268 e. The van der Waals surface area contributed by atoms with E-state index in [1.54, 1.807) is 30.3 Å². The monoisotopic (exact) mass is 225 g/mol. The normalized spacial score (nSPS) is 10.7. The molecule has 0 saturated heterocycles. The molecule has 1 aromatic rings. The van der Waals surface area contributed by atoms with Gasteiger partial charge in [0.15, 0.2) is 0 Å². The predicted molar refractivity (Wildman–Crippen MR) is 59.0 cm³/mol. The maximum absolute atomic E-state index is 11.4. The fraction of sp³-hybridized carbons (Fsp3) is 0.100. The Morgan fingerprint density at radius 3 is 2.27 bits per heavy atom. The molecule has 15 heavy (non-hydrogen) atoms. The Kier molecular flexibility index (Phi) is 3.26. The number of benzene rings is 1. The van der Waals surface area contributed by atoms with Crippen LogP contribution >= 0.6 is 0 Å². The van der Waals surface area contributed by atoms with Crippen LogP contribution in [-0.2, 0) is 14.8 Å². The van der Waals surface area contributed by atoms with Crippen LogP contribution in [0, 0.1) is 0 Å². The SMILES string of the molecule is C=CC(=O)N(c1ccccc1)S(C)(=O)=O. The molecular weight excluding hydrogens is 214 g/mol. The van der Waals surface area contributed by atoms with Gasteiger partial charge in [0, 0.05) is 0 Å². The van der Waals surface area contributed by atoms with E-state index in [-0.39, 0.29) is 0 Å². The molecule has 0 bridgehead atoms. The van der Waals surface area contributed by atoms with Gasteiger partial charge in [-0.2, -0.15) is 0 Å². The summed E-state index contributed by atoms with van der Waals surface area (Å²) in [5.74, 6) is -0.663. The van der Waals surface area contributed by atoms with Crippen molar-refractivity contribution in [2.45, 2.75) is 0 Å². The highest BCUT2D eigenvalue weighted by molar-refractivity contribution is 7.92. The molecule has 0 unspecified atom stereocenters. The molecule has 5 heteroatoms. The quantitative estimate of drug-likeness (QED) is 0.725. The van der Waals surface area contributed by atoms with Crippen molar-refractivity contribution < 1.29 is 13.2 Å². The Morgan fingerprint density at radius 2 is 1.87 bits per heavy atom. The fourth-order valence-electron chi connectivity index (χ4n) is 1.13. The Labute approximate surface area is 88.9 Å². The Hall–Kier alpha value is -1.62. The number of amides is 1. The van der Waals surface area contributed by atoms with Crippen LogP contribution in [0.2, 0.25) is 0 Å². The first-order valence-corrected chi connectivity index (χ1v) is 6.03. The molecule has 0 heterocycles. The summed E-state index contributed by atoms with van der Waals surface area (Å²) in [5.41, 5.74) is 0.310. The average molecular weight is 225 g/mol. The molecule has 0 aromatic heterocycles. The molecule has 80 valence electrons. The van der Waals surface area contributed by atoms with Crippen LogP contribution < -0.4 is 4.31 Å². The Morgan fingerprint density at radius 1 is 1.33 bits per heavy atom. The third-order valence-electron chi connectivity index (χ3n) is 1.70. The van der Waals surface area contributed by atoms with E-state index in [1.807, 2.05) is 0 Å². The van der Waals surface area contributed by atoms with Crippen molar-refractivity contribution in [2.75, 3.05) is 10.6 Å². The smallest absolute Gasteiger partial charge is 0.264 e. The molecule has 1 rings (SSSR count). The summed E-state index contributed by atoms with van der Waals surface area (Å²) < 4.78 is 23.5. The standard InChI is InChI=1S/C10H11NO3S/c1-3-10(12)11(15(2,13)14)9-7-5-4-6-8-9/h3-8H,1H2,2H3. The molecule has 0 fully saturated rings. The van der Waals surface area contributed by atoms with Crippen molar-refractivity contribution in [1.82, 2.24) is 0 Å². The number of para-hydroxylation sites is 1. The van der Waals surface area contributed by atoms with Crippen LogP contribution in [0.5, 0.6) is 0 Å². The molecule has 0 aliphatic rings. The van der Waals surface area contributed by atoms with Gasteiger partial charge in [-0.15, -0.1) is 0 Å². The molecule has 1 aromatic carbocycles. The highest BCUT2D eigenvalue weighted by Gasteiger charge is 2.22. The molecule has 0 radical (unpaired) electrons. The summed E-state index contributed by atoms with van der Waals surface area (Å²) in [7, 11) is -3.62. The van der Waals surface area contributed by atoms with E-state index in [9.17, 15) is 13.2 Å². The summed E-state index contributed by atoms with van der Waals surface area (Å²) in [6, 6.07) is 8.14. The van der Waals surface area contributed by atoms with E-state index in [2.05, 4.69) is 6.58 Å². The summed E-state index contributed by atoms with van der Waals surface area (Å²) in [6.45, 7) is 3.26. The van der Waals surface area contributed by atoms with Crippen LogP contribution in [-0.4, -0.2) is 20.6 Å². The van der Waals surface area contributed by atoms with E-state index < -0.39 is 15.9 Å². The van der Waals surface area contributed by atoms with E-state index in [0.29, 0.717) is 9.99 Å². The first-order valence-electron chi connectivity index (χ1n) is 4.18. The van der Waals surface area contributed by atoms with Gasteiger partial charge in [-0.05, 0) is 18.2 Å². The van der Waals surface area contributed by atoms with Crippen LogP contribution in [0.3, 0.4) is 0 Å². The molecule has 0 aliphatic heterocycles. The molecule has 0 aliphatic carbocycles. The van der Waals surface area contributed by atoms with Gasteiger partial charge in [-0.1, -0.05) is 24.8 Å². The van der Waals surface area contributed by atoms with Gasteiger partial charge in [0.2, 0.25) is 10.0 Å². The number of nitrogens with zero attached hydrogens (tertiary/aromatic N) is 1. The van der Waals surface area contributed by atoms with Gasteiger partial charge < -0.3 is 0 Å². The highest BCUT2D eigenvalue weighted by Crippen LogP contribution is 2.16. The third-order valence-corrected chi connectivity index (χ3v) is 2.75. The van der Waals surface area contributed by atoms with Crippen molar-refractivity contribution in [3.8, 4) is 0 Å². The first-order chi connectivity index (χ1) is 6.96. The van der Waals surface area contributed by atoms with Gasteiger partial charge >= 0.3 is 0 Å². The predicted octanol–water partition coefficient (Wildman–Crippen LogP) is 1.17. The van der Waals surface area contributed by atoms with Gasteiger partial charge in [0.05, 0.1) is 11.9 Å². The second-order valence-electron chi connectivity index (χ2n) is 2.91. The van der Waals surface area contributed by atoms with Crippen LogP contribution in [0.4, 0.5) is 5.69 Å². The number of carbonyl (C=O) groups excluding carboxylic acids is 1. The minimum absolute atomic E-state index is 0.310. The lowest BCUT2D eigenvalue weighted by Crippen LogP contribution is -2.34. The van der Waals surface area contributed by atoms with E-state index in [0.717, 1.165) is 12.3 Å². The zero-order chi connectivity index (χ0) is 11.5. The Bertz CT molecular complexity index is 465. The molecule has 0 N–H and O–H groups in total. The van der Waals surface area contributed by atoms with E-state index in [1.165, 1.54) is 0 Å². The maximum Gasteiger partial charge on any atom is 0.264 e. The molecule has 0 saturated carbocycles.